The van der Waals surface area contributed by atoms with Crippen molar-refractivity contribution in [2.24, 2.45) is 0 Å². The highest BCUT2D eigenvalue weighted by atomic mass is 16.6. The fourth-order valence-corrected chi connectivity index (χ4v) is 4.14. The quantitative estimate of drug-likeness (QED) is 0.166. The second-order valence-corrected chi connectivity index (χ2v) is 9.09. The molecule has 31 heavy (non-hydrogen) atoms. The van der Waals surface area contributed by atoms with E-state index in [4.69, 9.17) is 14.6 Å². The van der Waals surface area contributed by atoms with E-state index in [1.807, 2.05) is 0 Å². The van der Waals surface area contributed by atoms with Crippen molar-refractivity contribution in [1.29, 1.82) is 0 Å². The predicted molar refractivity (Wildman–Crippen MR) is 127 cm³/mol. The van der Waals surface area contributed by atoms with E-state index in [1.54, 1.807) is 0 Å². The van der Waals surface area contributed by atoms with Gasteiger partial charge in [0, 0.05) is 6.61 Å². The van der Waals surface area contributed by atoms with Gasteiger partial charge in [0.2, 0.25) is 0 Å². The second-order valence-electron chi connectivity index (χ2n) is 9.09. The molecule has 4 atom stereocenters. The molecular weight excluding hydrogens is 392 g/mol. The number of hydrogen-bond acceptors (Lipinski definition) is 5. The Bertz CT molecular complexity index is 415. The summed E-state index contributed by atoms with van der Waals surface area (Å²) in [5.41, 5.74) is 0. The molecule has 0 bridgehead atoms. The van der Waals surface area contributed by atoms with E-state index in [9.17, 15) is 10.2 Å². The second kappa shape index (κ2) is 20.2. The van der Waals surface area contributed by atoms with E-state index < -0.39 is 31.0 Å². The van der Waals surface area contributed by atoms with Gasteiger partial charge in [-0.2, -0.15) is 0 Å². The smallest absolute Gasteiger partial charge is 0.114 e. The van der Waals surface area contributed by atoms with Gasteiger partial charge in [-0.3, -0.25) is 0 Å². The lowest BCUT2D eigenvalue weighted by Crippen LogP contribution is -2.41. The van der Waals surface area contributed by atoms with Gasteiger partial charge >= 0.3 is 0 Å². The van der Waals surface area contributed by atoms with Crippen LogP contribution in [0.3, 0.4) is 0 Å². The minimum Gasteiger partial charge on any atom is -0.394 e. The molecule has 1 aliphatic rings. The van der Waals surface area contributed by atoms with Crippen LogP contribution >= 0.6 is 0 Å². The average molecular weight is 443 g/mol. The molecule has 0 aromatic carbocycles. The lowest BCUT2D eigenvalue weighted by atomic mass is 10.1. The first-order valence-corrected chi connectivity index (χ1v) is 13.1. The molecule has 0 aromatic heterocycles. The number of aliphatic hydroxyl groups excluding tert-OH is 3. The van der Waals surface area contributed by atoms with Crippen LogP contribution in [0.4, 0.5) is 0 Å². The third-order valence-corrected chi connectivity index (χ3v) is 6.22. The molecule has 0 amide bonds. The molecule has 1 fully saturated rings. The zero-order valence-corrected chi connectivity index (χ0v) is 20.1. The van der Waals surface area contributed by atoms with Crippen molar-refractivity contribution in [3.8, 4) is 0 Å². The number of hydrogen-bond donors (Lipinski definition) is 3. The highest BCUT2D eigenvalue weighted by Crippen LogP contribution is 2.20. The van der Waals surface area contributed by atoms with Crippen molar-refractivity contribution in [2.45, 2.75) is 134 Å². The average Bonchev–Trinajstić information content (AvgIpc) is 3.15. The molecular formula is C26H50O5. The summed E-state index contributed by atoms with van der Waals surface area (Å²) < 4.78 is 11.0. The molecule has 1 aliphatic heterocycles. The van der Waals surface area contributed by atoms with Crippen LogP contribution in [0.2, 0.25) is 0 Å². The van der Waals surface area contributed by atoms with Crippen molar-refractivity contribution in [1.82, 2.24) is 0 Å². The molecule has 1 rings (SSSR count). The summed E-state index contributed by atoms with van der Waals surface area (Å²) in [6.45, 7) is 2.73. The minimum atomic E-state index is -1.05. The zero-order valence-electron chi connectivity index (χ0n) is 20.1. The fraction of sp³-hybridized carbons (Fsp3) is 0.923. The number of ether oxygens (including phenoxy) is 2. The Kier molecular flexibility index (Phi) is 18.6. The Balaban J connectivity index is 1.81. The van der Waals surface area contributed by atoms with Crippen LogP contribution in [-0.2, 0) is 9.47 Å². The molecule has 0 radical (unpaired) electrons. The molecule has 0 spiro atoms. The summed E-state index contributed by atoms with van der Waals surface area (Å²) in [4.78, 5) is 0. The van der Waals surface area contributed by atoms with Gasteiger partial charge < -0.3 is 24.8 Å². The molecule has 184 valence electrons. The Morgan fingerprint density at radius 2 is 1.35 bits per heavy atom. The Hall–Kier alpha value is -0.460. The molecule has 3 N–H and O–H groups in total. The SMILES string of the molecule is CCCCCCCCCCCC/C=C/CCCCCCO[C@H]1CO[C@@H]([C@H](O)CO)[C@H]1O. The van der Waals surface area contributed by atoms with Gasteiger partial charge in [-0.15, -0.1) is 0 Å². The number of allylic oxidation sites excluding steroid dienone is 2. The maximum atomic E-state index is 10.1. The molecule has 5 heteroatoms. The topological polar surface area (TPSA) is 79.2 Å². The van der Waals surface area contributed by atoms with E-state index in [0.717, 1.165) is 19.3 Å². The van der Waals surface area contributed by atoms with E-state index in [2.05, 4.69) is 19.1 Å². The van der Waals surface area contributed by atoms with Gasteiger partial charge in [0.1, 0.15) is 24.4 Å². The van der Waals surface area contributed by atoms with Crippen LogP contribution in [0, 0.1) is 0 Å². The Morgan fingerprint density at radius 3 is 1.90 bits per heavy atom. The van der Waals surface area contributed by atoms with Crippen LogP contribution in [0.1, 0.15) is 110 Å². The summed E-state index contributed by atoms with van der Waals surface area (Å²) in [6.07, 6.45) is 22.5. The summed E-state index contributed by atoms with van der Waals surface area (Å²) in [7, 11) is 0. The maximum Gasteiger partial charge on any atom is 0.114 e. The molecule has 0 unspecified atom stereocenters. The molecule has 1 saturated heterocycles. The Labute approximate surface area is 191 Å². The first-order chi connectivity index (χ1) is 15.2. The summed E-state index contributed by atoms with van der Waals surface area (Å²) in [5, 5.41) is 28.6. The minimum absolute atomic E-state index is 0.271. The summed E-state index contributed by atoms with van der Waals surface area (Å²) in [5.74, 6) is 0. The number of aliphatic hydroxyl groups is 3. The van der Waals surface area contributed by atoms with Crippen LogP contribution in [0.5, 0.6) is 0 Å². The van der Waals surface area contributed by atoms with E-state index in [0.29, 0.717) is 6.61 Å². The highest BCUT2D eigenvalue weighted by molar-refractivity contribution is 4.88. The van der Waals surface area contributed by atoms with Crippen LogP contribution in [-0.4, -0.2) is 59.6 Å². The van der Waals surface area contributed by atoms with Gasteiger partial charge in [-0.25, -0.2) is 0 Å². The van der Waals surface area contributed by atoms with E-state index in [-0.39, 0.29) is 6.61 Å². The van der Waals surface area contributed by atoms with Gasteiger partial charge in [-0.1, -0.05) is 89.7 Å². The highest BCUT2D eigenvalue weighted by Gasteiger charge is 2.40. The predicted octanol–water partition coefficient (Wildman–Crippen LogP) is 5.30. The maximum absolute atomic E-state index is 10.1. The van der Waals surface area contributed by atoms with Gasteiger partial charge in [0.15, 0.2) is 0 Å². The van der Waals surface area contributed by atoms with Crippen LogP contribution in [0.25, 0.3) is 0 Å². The van der Waals surface area contributed by atoms with Crippen molar-refractivity contribution in [2.75, 3.05) is 19.8 Å². The largest absolute Gasteiger partial charge is 0.394 e. The van der Waals surface area contributed by atoms with Crippen LogP contribution in [0.15, 0.2) is 12.2 Å². The summed E-state index contributed by atoms with van der Waals surface area (Å²) >= 11 is 0. The molecule has 1 heterocycles. The van der Waals surface area contributed by atoms with Crippen LogP contribution < -0.4 is 0 Å². The van der Waals surface area contributed by atoms with E-state index in [1.165, 1.54) is 83.5 Å². The standard InChI is InChI=1S/C26H50O5/c1-2-3-4-5-6-7-8-9-10-11-12-13-14-15-16-17-18-19-20-30-24-22-31-26(25(24)29)23(28)21-27/h13-14,23-29H,2-12,15-22H2,1H3/b14-13+/t23-,24+,25+,26+/m1/s1. The summed E-state index contributed by atoms with van der Waals surface area (Å²) in [6, 6.07) is 0. The third-order valence-electron chi connectivity index (χ3n) is 6.22. The first-order valence-electron chi connectivity index (χ1n) is 13.1. The van der Waals surface area contributed by atoms with Gasteiger partial charge in [0.25, 0.3) is 0 Å². The molecule has 0 aliphatic carbocycles. The number of unbranched alkanes of at least 4 members (excludes halogenated alkanes) is 14. The Morgan fingerprint density at radius 1 is 0.839 bits per heavy atom. The molecule has 0 aromatic rings. The fourth-order valence-electron chi connectivity index (χ4n) is 4.14. The lowest BCUT2D eigenvalue weighted by molar-refractivity contribution is -0.0730. The third kappa shape index (κ3) is 14.3. The van der Waals surface area contributed by atoms with E-state index >= 15 is 0 Å². The van der Waals surface area contributed by atoms with Crippen molar-refractivity contribution in [3.63, 3.8) is 0 Å². The first kappa shape index (κ1) is 28.6. The molecule has 5 nitrogen and oxygen atoms in total. The van der Waals surface area contributed by atoms with Crippen molar-refractivity contribution in [3.05, 3.63) is 12.2 Å². The normalized spacial score (nSPS) is 22.5. The zero-order chi connectivity index (χ0) is 22.6. The number of rotatable bonds is 21. The monoisotopic (exact) mass is 442 g/mol. The van der Waals surface area contributed by atoms with Crippen molar-refractivity contribution >= 4 is 0 Å². The van der Waals surface area contributed by atoms with Crippen molar-refractivity contribution < 1.29 is 24.8 Å². The van der Waals surface area contributed by atoms with Gasteiger partial charge in [0.05, 0.1) is 13.2 Å². The van der Waals surface area contributed by atoms with Gasteiger partial charge in [-0.05, 0) is 32.1 Å². The lowest BCUT2D eigenvalue weighted by Gasteiger charge is -2.20. The molecule has 0 saturated carbocycles.